The highest BCUT2D eigenvalue weighted by Crippen LogP contribution is 2.28. The first-order valence-corrected chi connectivity index (χ1v) is 8.89. The molecule has 1 saturated heterocycles. The van der Waals surface area contributed by atoms with Crippen molar-refractivity contribution in [3.05, 3.63) is 42.4 Å². The molecule has 2 N–H and O–H groups in total. The third-order valence-corrected chi connectivity index (χ3v) is 5.15. The molecule has 0 unspecified atom stereocenters. The number of aliphatic hydroxyl groups is 1. The van der Waals surface area contributed by atoms with E-state index in [9.17, 15) is 9.90 Å². The first kappa shape index (κ1) is 16.1. The van der Waals surface area contributed by atoms with Crippen molar-refractivity contribution < 1.29 is 9.90 Å². The van der Waals surface area contributed by atoms with Gasteiger partial charge in [0.25, 0.3) is 5.91 Å². The Kier molecular flexibility index (Phi) is 4.73. The number of aromatic amines is 1. The Morgan fingerprint density at radius 3 is 2.74 bits per heavy atom. The zero-order valence-electron chi connectivity index (χ0n) is 13.2. The number of nitrogens with zero attached hydrogens (tertiary/aromatic N) is 2. The first-order valence-electron chi connectivity index (χ1n) is 7.73. The number of carbonyl (C=O) groups excluding carboxylic acids is 1. The minimum atomic E-state index is -1.21. The molecule has 122 valence electrons. The van der Waals surface area contributed by atoms with E-state index in [1.54, 1.807) is 29.9 Å². The molecule has 1 aliphatic heterocycles. The maximum atomic E-state index is 12.5. The van der Waals surface area contributed by atoms with Crippen molar-refractivity contribution in [3.63, 3.8) is 0 Å². The fourth-order valence-electron chi connectivity index (χ4n) is 2.78. The molecule has 0 saturated carbocycles. The fraction of sp³-hybridized carbons (Fsp3) is 0.412. The summed E-state index contributed by atoms with van der Waals surface area (Å²) in [5.74, 6) is 2.16. The van der Waals surface area contributed by atoms with Crippen molar-refractivity contribution in [2.24, 2.45) is 0 Å². The van der Waals surface area contributed by atoms with Gasteiger partial charge in [-0.15, -0.1) is 0 Å². The van der Waals surface area contributed by atoms with Crippen LogP contribution in [0.25, 0.3) is 11.3 Å². The first-order chi connectivity index (χ1) is 11.1. The summed E-state index contributed by atoms with van der Waals surface area (Å²) in [5, 5.41) is 10.5. The van der Waals surface area contributed by atoms with Crippen molar-refractivity contribution in [2.75, 3.05) is 18.6 Å². The summed E-state index contributed by atoms with van der Waals surface area (Å²) in [4.78, 5) is 21.7. The van der Waals surface area contributed by atoms with Gasteiger partial charge in [0.15, 0.2) is 0 Å². The Balaban J connectivity index is 1.67. The zero-order valence-corrected chi connectivity index (χ0v) is 14.0. The smallest absolute Gasteiger partial charge is 0.254 e. The van der Waals surface area contributed by atoms with Gasteiger partial charge in [-0.05, 0) is 29.9 Å². The second-order valence-corrected chi connectivity index (χ2v) is 7.14. The van der Waals surface area contributed by atoms with Gasteiger partial charge in [-0.25, -0.2) is 4.98 Å². The molecule has 2 heterocycles. The molecule has 0 aliphatic carbocycles. The van der Waals surface area contributed by atoms with E-state index in [0.29, 0.717) is 25.2 Å². The van der Waals surface area contributed by atoms with E-state index in [1.807, 2.05) is 30.3 Å². The van der Waals surface area contributed by atoms with Gasteiger partial charge in [0.1, 0.15) is 11.4 Å². The molecule has 23 heavy (non-hydrogen) atoms. The van der Waals surface area contributed by atoms with E-state index in [1.165, 1.54) is 0 Å². The number of amides is 1. The lowest BCUT2D eigenvalue weighted by molar-refractivity contribution is -0.151. The standard InChI is InChI=1S/C17H21N3O2S/c1-20(16(21)17(22)7-9-23-10-8-17)12-15-18-11-14(19-15)13-5-3-2-4-6-13/h2-6,11,22H,7-10,12H2,1H3,(H,18,19). The maximum Gasteiger partial charge on any atom is 0.254 e. The van der Waals surface area contributed by atoms with E-state index in [2.05, 4.69) is 9.97 Å². The highest BCUT2D eigenvalue weighted by Gasteiger charge is 2.39. The molecular weight excluding hydrogens is 310 g/mol. The van der Waals surface area contributed by atoms with E-state index >= 15 is 0 Å². The predicted molar refractivity (Wildman–Crippen MR) is 92.0 cm³/mol. The van der Waals surface area contributed by atoms with Crippen LogP contribution in [0.1, 0.15) is 18.7 Å². The average molecular weight is 331 g/mol. The quantitative estimate of drug-likeness (QED) is 0.902. The number of hydrogen-bond acceptors (Lipinski definition) is 4. The number of carbonyl (C=O) groups is 1. The van der Waals surface area contributed by atoms with Crippen molar-refractivity contribution >= 4 is 17.7 Å². The normalized spacial score (nSPS) is 17.0. The van der Waals surface area contributed by atoms with Gasteiger partial charge in [-0.1, -0.05) is 30.3 Å². The van der Waals surface area contributed by atoms with E-state index in [4.69, 9.17) is 0 Å². The summed E-state index contributed by atoms with van der Waals surface area (Å²) < 4.78 is 0. The lowest BCUT2D eigenvalue weighted by atomic mass is 9.95. The van der Waals surface area contributed by atoms with E-state index in [-0.39, 0.29) is 5.91 Å². The Bertz CT molecular complexity index is 665. The molecule has 0 radical (unpaired) electrons. The minimum absolute atomic E-state index is 0.213. The van der Waals surface area contributed by atoms with Gasteiger partial charge in [0.05, 0.1) is 18.4 Å². The number of benzene rings is 1. The van der Waals surface area contributed by atoms with E-state index < -0.39 is 5.60 Å². The molecule has 6 heteroatoms. The SMILES string of the molecule is CN(Cc1ncc(-c2ccccc2)[nH]1)C(=O)C1(O)CCSCC1. The highest BCUT2D eigenvalue weighted by molar-refractivity contribution is 7.99. The summed E-state index contributed by atoms with van der Waals surface area (Å²) in [7, 11) is 1.72. The minimum Gasteiger partial charge on any atom is -0.380 e. The van der Waals surface area contributed by atoms with Gasteiger partial charge in [0, 0.05) is 7.05 Å². The van der Waals surface area contributed by atoms with Crippen LogP contribution < -0.4 is 0 Å². The molecule has 1 fully saturated rings. The number of thioether (sulfide) groups is 1. The molecule has 1 aliphatic rings. The Morgan fingerprint density at radius 2 is 2.04 bits per heavy atom. The van der Waals surface area contributed by atoms with Crippen LogP contribution in [0.15, 0.2) is 36.5 Å². The largest absolute Gasteiger partial charge is 0.380 e. The van der Waals surface area contributed by atoms with Crippen molar-refractivity contribution in [3.8, 4) is 11.3 Å². The Morgan fingerprint density at radius 1 is 1.35 bits per heavy atom. The van der Waals surface area contributed by atoms with Crippen LogP contribution in [0.2, 0.25) is 0 Å². The zero-order chi connectivity index (χ0) is 16.3. The average Bonchev–Trinajstić information content (AvgIpc) is 3.04. The van der Waals surface area contributed by atoms with Crippen molar-refractivity contribution in [1.82, 2.24) is 14.9 Å². The van der Waals surface area contributed by atoms with Crippen LogP contribution in [0.3, 0.4) is 0 Å². The summed E-state index contributed by atoms with van der Waals surface area (Å²) >= 11 is 1.78. The summed E-state index contributed by atoms with van der Waals surface area (Å²) in [6.45, 7) is 0.362. The number of aromatic nitrogens is 2. The topological polar surface area (TPSA) is 69.2 Å². The van der Waals surface area contributed by atoms with Gasteiger partial charge in [0.2, 0.25) is 0 Å². The molecule has 1 aromatic heterocycles. The highest BCUT2D eigenvalue weighted by atomic mass is 32.2. The third kappa shape index (κ3) is 3.59. The van der Waals surface area contributed by atoms with Crippen molar-refractivity contribution in [2.45, 2.75) is 25.0 Å². The second kappa shape index (κ2) is 6.76. The molecule has 5 nitrogen and oxygen atoms in total. The van der Waals surface area contributed by atoms with Crippen LogP contribution in [-0.4, -0.2) is 50.0 Å². The number of imidazole rings is 1. The van der Waals surface area contributed by atoms with Crippen LogP contribution >= 0.6 is 11.8 Å². The van der Waals surface area contributed by atoms with Gasteiger partial charge in [-0.3, -0.25) is 4.79 Å². The van der Waals surface area contributed by atoms with Gasteiger partial charge < -0.3 is 15.0 Å². The number of H-pyrrole nitrogens is 1. The maximum absolute atomic E-state index is 12.5. The Hall–Kier alpha value is -1.79. The second-order valence-electron chi connectivity index (χ2n) is 5.91. The van der Waals surface area contributed by atoms with Gasteiger partial charge in [-0.2, -0.15) is 11.8 Å². The molecule has 3 rings (SSSR count). The van der Waals surface area contributed by atoms with Crippen LogP contribution in [-0.2, 0) is 11.3 Å². The predicted octanol–water partition coefficient (Wildman–Crippen LogP) is 2.29. The van der Waals surface area contributed by atoms with Gasteiger partial charge >= 0.3 is 0 Å². The Labute approximate surface area is 140 Å². The van der Waals surface area contributed by atoms with Crippen LogP contribution in [0.4, 0.5) is 0 Å². The summed E-state index contributed by atoms with van der Waals surface area (Å²) in [6.07, 6.45) is 2.82. The van der Waals surface area contributed by atoms with Crippen LogP contribution in [0.5, 0.6) is 0 Å². The summed E-state index contributed by atoms with van der Waals surface area (Å²) in [5.41, 5.74) is 0.770. The van der Waals surface area contributed by atoms with Crippen molar-refractivity contribution in [1.29, 1.82) is 0 Å². The third-order valence-electron chi connectivity index (χ3n) is 4.16. The molecule has 0 spiro atoms. The number of likely N-dealkylation sites (N-methyl/N-ethyl adjacent to an activating group) is 1. The van der Waals surface area contributed by atoms with E-state index in [0.717, 1.165) is 22.8 Å². The lowest BCUT2D eigenvalue weighted by Crippen LogP contribution is -2.49. The molecule has 0 bridgehead atoms. The number of nitrogens with one attached hydrogen (secondary N) is 1. The monoisotopic (exact) mass is 331 g/mol. The van der Waals surface area contributed by atoms with Crippen LogP contribution in [0, 0.1) is 0 Å². The molecule has 1 aromatic carbocycles. The molecule has 0 atom stereocenters. The molecular formula is C17H21N3O2S. The fourth-order valence-corrected chi connectivity index (χ4v) is 3.95. The molecule has 1 amide bonds. The number of rotatable bonds is 4. The number of hydrogen-bond donors (Lipinski definition) is 2. The molecule has 2 aromatic rings. The summed E-state index contributed by atoms with van der Waals surface area (Å²) in [6, 6.07) is 9.93. The lowest BCUT2D eigenvalue weighted by Gasteiger charge is -2.33.